The zero-order valence-electron chi connectivity index (χ0n) is 21.6. The van der Waals surface area contributed by atoms with E-state index in [1.807, 2.05) is 36.4 Å². The van der Waals surface area contributed by atoms with Gasteiger partial charge in [-0.05, 0) is 90.3 Å². The third kappa shape index (κ3) is 3.77. The summed E-state index contributed by atoms with van der Waals surface area (Å²) in [7, 11) is 0. The first-order chi connectivity index (χ1) is 18.4. The largest absolute Gasteiger partial charge is 0.456 e. The molecule has 0 radical (unpaired) electrons. The van der Waals surface area contributed by atoms with E-state index in [1.54, 1.807) is 18.5 Å². The molecule has 6 rings (SSSR count). The first kappa shape index (κ1) is 26.4. The number of aliphatic hydroxyl groups is 1. The van der Waals surface area contributed by atoms with E-state index in [0.717, 1.165) is 33.4 Å². The smallest absolute Gasteiger partial charge is 0.383 e. The van der Waals surface area contributed by atoms with E-state index >= 15 is 8.78 Å². The summed E-state index contributed by atoms with van der Waals surface area (Å²) < 4.78 is 71.3. The van der Waals surface area contributed by atoms with Gasteiger partial charge in [-0.2, -0.15) is 22.0 Å². The lowest BCUT2D eigenvalue weighted by Gasteiger charge is -2.56. The zero-order chi connectivity index (χ0) is 27.8. The third-order valence-electron chi connectivity index (χ3n) is 10.1. The van der Waals surface area contributed by atoms with E-state index in [9.17, 15) is 23.1 Å². The van der Waals surface area contributed by atoms with E-state index in [0.29, 0.717) is 25.7 Å². The van der Waals surface area contributed by atoms with Crippen molar-refractivity contribution in [1.29, 1.82) is 0 Å². The van der Waals surface area contributed by atoms with Gasteiger partial charge in [-0.25, -0.2) is 0 Å². The average molecular weight is 544 g/mol. The summed E-state index contributed by atoms with van der Waals surface area (Å²) in [4.78, 5) is 16.3. The lowest BCUT2D eigenvalue weighted by Crippen LogP contribution is -2.65. The lowest BCUT2D eigenvalue weighted by atomic mass is 9.50. The van der Waals surface area contributed by atoms with Crippen molar-refractivity contribution < 1.29 is 31.9 Å². The number of hydrogen-bond donors (Lipinski definition) is 1. The quantitative estimate of drug-likeness (QED) is 0.406. The van der Waals surface area contributed by atoms with Crippen molar-refractivity contribution in [3.63, 3.8) is 0 Å². The normalized spacial score (nSPS) is 32.8. The van der Waals surface area contributed by atoms with Gasteiger partial charge < -0.3 is 5.11 Å². The molecule has 2 saturated carbocycles. The van der Waals surface area contributed by atoms with Crippen LogP contribution in [0.2, 0.25) is 0 Å². The van der Waals surface area contributed by atoms with Crippen molar-refractivity contribution in [3.8, 4) is 11.1 Å². The average Bonchev–Trinajstić information content (AvgIpc) is 3.19. The molecule has 39 heavy (non-hydrogen) atoms. The number of rotatable bonds is 3. The molecule has 2 aromatic rings. The molecule has 3 nitrogen and oxygen atoms in total. The fourth-order valence-corrected chi connectivity index (χ4v) is 8.16. The number of pyridine rings is 1. The molecule has 0 saturated heterocycles. The number of nitrogens with zero attached hydrogens (tertiary/aromatic N) is 1. The van der Waals surface area contributed by atoms with Crippen LogP contribution in [-0.2, 0) is 4.79 Å². The molecule has 4 aliphatic carbocycles. The van der Waals surface area contributed by atoms with Gasteiger partial charge in [0.05, 0.1) is 0 Å². The number of aromatic nitrogens is 1. The fourth-order valence-electron chi connectivity index (χ4n) is 8.16. The lowest BCUT2D eigenvalue weighted by molar-refractivity contribution is -0.362. The maximum Gasteiger partial charge on any atom is 0.456 e. The predicted octanol–water partition coefficient (Wildman–Crippen LogP) is 7.58. The van der Waals surface area contributed by atoms with Crippen molar-refractivity contribution in [2.45, 2.75) is 75.5 Å². The highest BCUT2D eigenvalue weighted by Crippen LogP contribution is 2.70. The van der Waals surface area contributed by atoms with Crippen LogP contribution in [0, 0.1) is 17.3 Å². The first-order valence-electron chi connectivity index (χ1n) is 13.5. The van der Waals surface area contributed by atoms with Crippen LogP contribution in [-0.4, -0.2) is 33.6 Å². The monoisotopic (exact) mass is 543 g/mol. The molecule has 0 aliphatic heterocycles. The van der Waals surface area contributed by atoms with Gasteiger partial charge in [-0.1, -0.05) is 42.8 Å². The molecule has 1 heterocycles. The Hall–Kier alpha value is -2.87. The Morgan fingerprint density at radius 2 is 1.72 bits per heavy atom. The van der Waals surface area contributed by atoms with Crippen LogP contribution >= 0.6 is 0 Å². The molecule has 8 heteroatoms. The highest BCUT2D eigenvalue weighted by atomic mass is 19.4. The molecule has 0 unspecified atom stereocenters. The van der Waals surface area contributed by atoms with Crippen molar-refractivity contribution in [2.75, 3.05) is 0 Å². The van der Waals surface area contributed by atoms with Crippen LogP contribution in [0.3, 0.4) is 0 Å². The van der Waals surface area contributed by atoms with Crippen LogP contribution in [0.25, 0.3) is 11.1 Å². The Morgan fingerprint density at radius 3 is 2.38 bits per heavy atom. The maximum atomic E-state index is 15.1. The van der Waals surface area contributed by atoms with Gasteiger partial charge in [0.15, 0.2) is 5.78 Å². The Kier molecular flexibility index (Phi) is 5.96. The summed E-state index contributed by atoms with van der Waals surface area (Å²) in [5.74, 6) is -6.36. The van der Waals surface area contributed by atoms with E-state index in [4.69, 9.17) is 0 Å². The van der Waals surface area contributed by atoms with Crippen LogP contribution in [0.1, 0.15) is 63.4 Å². The standard InChI is InChI=1S/C31H30F5NO2/c1-28-16-25(19-6-4-18(5-7-19)21-3-2-14-37-17-21)27-23-11-9-22(38)15-20(23)8-10-24(27)26(28)12-13-29(28,39)30(32,33)31(34,35)36/h2-7,14-15,17,24-26,39H,8-13,16H2,1H3/t24-,25+,26-,28-,29-/m0/s1. The summed E-state index contributed by atoms with van der Waals surface area (Å²) in [6.45, 7) is 1.44. The van der Waals surface area contributed by atoms with E-state index in [-0.39, 0.29) is 24.5 Å². The van der Waals surface area contributed by atoms with Gasteiger partial charge in [-0.15, -0.1) is 0 Å². The second-order valence-electron chi connectivity index (χ2n) is 11.8. The first-order valence-corrected chi connectivity index (χ1v) is 13.5. The van der Waals surface area contributed by atoms with Gasteiger partial charge in [0, 0.05) is 30.1 Å². The molecule has 1 N–H and O–H groups in total. The highest BCUT2D eigenvalue weighted by Gasteiger charge is 2.79. The topological polar surface area (TPSA) is 50.2 Å². The molecular formula is C31H30F5NO2. The minimum absolute atomic E-state index is 0.0252. The van der Waals surface area contributed by atoms with Gasteiger partial charge in [0.1, 0.15) is 5.60 Å². The number of carbonyl (C=O) groups is 1. The minimum Gasteiger partial charge on any atom is -0.383 e. The predicted molar refractivity (Wildman–Crippen MR) is 136 cm³/mol. The van der Waals surface area contributed by atoms with E-state index in [2.05, 4.69) is 4.98 Å². The second-order valence-corrected chi connectivity index (χ2v) is 11.8. The Labute approximate surface area is 223 Å². The van der Waals surface area contributed by atoms with Gasteiger partial charge in [0.25, 0.3) is 0 Å². The van der Waals surface area contributed by atoms with Crippen molar-refractivity contribution in [1.82, 2.24) is 4.98 Å². The van der Waals surface area contributed by atoms with Crippen molar-refractivity contribution in [3.05, 3.63) is 77.2 Å². The third-order valence-corrected chi connectivity index (χ3v) is 10.1. The molecule has 206 valence electrons. The Bertz CT molecular complexity index is 1360. The number of fused-ring (bicyclic) bond motifs is 4. The van der Waals surface area contributed by atoms with Gasteiger partial charge in [-0.3, -0.25) is 9.78 Å². The molecule has 0 amide bonds. The van der Waals surface area contributed by atoms with E-state index < -0.39 is 41.4 Å². The Morgan fingerprint density at radius 1 is 0.974 bits per heavy atom. The summed E-state index contributed by atoms with van der Waals surface area (Å²) >= 11 is 0. The van der Waals surface area contributed by atoms with Crippen LogP contribution < -0.4 is 0 Å². The molecule has 4 aliphatic rings. The van der Waals surface area contributed by atoms with Crippen LogP contribution in [0.15, 0.2) is 71.6 Å². The van der Waals surface area contributed by atoms with Crippen molar-refractivity contribution in [2.24, 2.45) is 17.3 Å². The molecule has 1 aromatic carbocycles. The fraction of sp³-hybridized carbons (Fsp3) is 0.484. The molecule has 5 atom stereocenters. The summed E-state index contributed by atoms with van der Waals surface area (Å²) in [6, 6.07) is 11.4. The maximum absolute atomic E-state index is 15.1. The number of allylic oxidation sites excluding steroid dienone is 4. The van der Waals surface area contributed by atoms with Crippen LogP contribution in [0.4, 0.5) is 22.0 Å². The number of benzene rings is 1. The molecule has 2 fully saturated rings. The zero-order valence-corrected chi connectivity index (χ0v) is 21.6. The summed E-state index contributed by atoms with van der Waals surface area (Å²) in [5, 5.41) is 11.4. The number of halogens is 5. The van der Waals surface area contributed by atoms with Gasteiger partial charge >= 0.3 is 12.1 Å². The second kappa shape index (κ2) is 8.82. The molecule has 0 spiro atoms. The number of ketones is 1. The SMILES string of the molecule is C[C@]12C[C@H](c3ccc(-c4cccnc4)cc3)C3=C4CCC(=O)C=C4CC[C@H]3[C@@H]1CC[C@@]2(O)C(F)(F)C(F)(F)F. The summed E-state index contributed by atoms with van der Waals surface area (Å²) in [6.07, 6.45) is 0.768. The minimum atomic E-state index is -5.86. The number of hydrogen-bond acceptors (Lipinski definition) is 3. The Balaban J connectivity index is 1.49. The van der Waals surface area contributed by atoms with Crippen LogP contribution in [0.5, 0.6) is 0 Å². The molecular weight excluding hydrogens is 513 g/mol. The number of carbonyl (C=O) groups excluding carboxylic acids is 1. The molecule has 0 bridgehead atoms. The van der Waals surface area contributed by atoms with E-state index in [1.165, 1.54) is 6.92 Å². The number of alkyl halides is 5. The summed E-state index contributed by atoms with van der Waals surface area (Å²) in [5.41, 5.74) is 0.871. The van der Waals surface area contributed by atoms with Crippen molar-refractivity contribution >= 4 is 5.78 Å². The highest BCUT2D eigenvalue weighted by molar-refractivity contribution is 5.93. The molecule has 1 aromatic heterocycles. The van der Waals surface area contributed by atoms with Gasteiger partial charge in [0.2, 0.25) is 0 Å².